The molecule has 16 heavy (non-hydrogen) atoms. The number of benzene rings is 1. The fourth-order valence-electron chi connectivity index (χ4n) is 1.46. The van der Waals surface area contributed by atoms with E-state index in [1.165, 1.54) is 6.07 Å². The van der Waals surface area contributed by atoms with Gasteiger partial charge in [0.2, 0.25) is 10.0 Å². The second-order valence-electron chi connectivity index (χ2n) is 3.45. The maximum Gasteiger partial charge on any atom is 0.240 e. The van der Waals surface area contributed by atoms with Gasteiger partial charge in [-0.05, 0) is 24.1 Å². The predicted octanol–water partition coefficient (Wildman–Crippen LogP) is 0.740. The van der Waals surface area contributed by atoms with Gasteiger partial charge in [-0.3, -0.25) is 0 Å². The molecule has 0 saturated carbocycles. The molecule has 0 aliphatic rings. The number of nitrogens with two attached hydrogens (primary N) is 2. The molecule has 1 aromatic rings. The molecule has 0 spiro atoms. The van der Waals surface area contributed by atoms with Crippen LogP contribution < -0.4 is 10.9 Å². The monoisotopic (exact) mass is 239 g/mol. The molecule has 0 aliphatic heterocycles. The average molecular weight is 239 g/mol. The quantitative estimate of drug-likeness (QED) is 0.758. The van der Waals surface area contributed by atoms with Gasteiger partial charge in [0, 0.05) is 0 Å². The van der Waals surface area contributed by atoms with E-state index in [9.17, 15) is 8.42 Å². The number of hydrogen-bond donors (Lipinski definition) is 2. The first-order chi connectivity index (χ1) is 7.40. The number of primary sulfonamides is 1. The zero-order valence-corrected chi connectivity index (χ0v) is 9.71. The molecule has 0 saturated heterocycles. The molecular weight excluding hydrogens is 226 g/mol. The van der Waals surface area contributed by atoms with Crippen LogP contribution in [0.2, 0.25) is 0 Å². The van der Waals surface area contributed by atoms with Gasteiger partial charge in [-0.15, -0.1) is 0 Å². The first-order valence-electron chi connectivity index (χ1n) is 4.75. The average Bonchev–Trinajstić information content (AvgIpc) is 2.19. The van der Waals surface area contributed by atoms with Crippen LogP contribution >= 0.6 is 0 Å². The molecule has 0 amide bonds. The smallest absolute Gasteiger partial charge is 0.240 e. The highest BCUT2D eigenvalue weighted by Crippen LogP contribution is 2.24. The molecule has 0 aromatic heterocycles. The molecule has 0 fully saturated rings. The Balaban J connectivity index is 3.51. The van der Waals surface area contributed by atoms with Crippen molar-refractivity contribution in [1.29, 1.82) is 5.26 Å². The minimum Gasteiger partial charge on any atom is -0.397 e. The van der Waals surface area contributed by atoms with Crippen LogP contribution in [0, 0.1) is 11.3 Å². The van der Waals surface area contributed by atoms with Crippen LogP contribution in [0.4, 0.5) is 5.69 Å². The Morgan fingerprint density at radius 2 is 2.06 bits per heavy atom. The van der Waals surface area contributed by atoms with Gasteiger partial charge in [-0.1, -0.05) is 13.3 Å². The van der Waals surface area contributed by atoms with Crippen molar-refractivity contribution in [1.82, 2.24) is 0 Å². The van der Waals surface area contributed by atoms with Crippen molar-refractivity contribution in [2.24, 2.45) is 5.14 Å². The molecule has 86 valence electrons. The van der Waals surface area contributed by atoms with Crippen LogP contribution in [-0.2, 0) is 16.4 Å². The number of nitrogens with zero attached hydrogens (tertiary/aromatic N) is 1. The number of hydrogen-bond acceptors (Lipinski definition) is 4. The van der Waals surface area contributed by atoms with E-state index in [2.05, 4.69) is 0 Å². The predicted molar refractivity (Wildman–Crippen MR) is 60.9 cm³/mol. The van der Waals surface area contributed by atoms with E-state index in [1.807, 2.05) is 13.0 Å². The number of nitrogen functional groups attached to an aromatic ring is 1. The van der Waals surface area contributed by atoms with Crippen molar-refractivity contribution in [2.75, 3.05) is 5.73 Å². The fourth-order valence-corrected chi connectivity index (χ4v) is 2.19. The standard InChI is InChI=1S/C10H13N3O2S/c1-2-3-8-4-7(6-11)5-9(10(8)12)16(13,14)15/h4-5H,2-3,12H2,1H3,(H2,13,14,15). The summed E-state index contributed by atoms with van der Waals surface area (Å²) in [6.07, 6.45) is 1.42. The Hall–Kier alpha value is -1.58. The van der Waals surface area contributed by atoms with Gasteiger partial charge in [-0.2, -0.15) is 5.26 Å². The molecular formula is C10H13N3O2S. The Kier molecular flexibility index (Phi) is 3.52. The molecule has 1 rings (SSSR count). The van der Waals surface area contributed by atoms with Gasteiger partial charge in [0.25, 0.3) is 0 Å². The van der Waals surface area contributed by atoms with Crippen LogP contribution in [0.15, 0.2) is 17.0 Å². The van der Waals surface area contributed by atoms with Crippen LogP contribution in [0.3, 0.4) is 0 Å². The molecule has 0 heterocycles. The largest absolute Gasteiger partial charge is 0.397 e. The van der Waals surface area contributed by atoms with E-state index < -0.39 is 10.0 Å². The number of aryl methyl sites for hydroxylation is 1. The first-order valence-corrected chi connectivity index (χ1v) is 6.30. The first kappa shape index (κ1) is 12.5. The summed E-state index contributed by atoms with van der Waals surface area (Å²) < 4.78 is 22.5. The van der Waals surface area contributed by atoms with E-state index in [0.29, 0.717) is 12.0 Å². The van der Waals surface area contributed by atoms with Crippen molar-refractivity contribution in [3.05, 3.63) is 23.3 Å². The lowest BCUT2D eigenvalue weighted by Crippen LogP contribution is -2.15. The highest BCUT2D eigenvalue weighted by molar-refractivity contribution is 7.89. The van der Waals surface area contributed by atoms with E-state index >= 15 is 0 Å². The molecule has 6 heteroatoms. The normalized spacial score (nSPS) is 11.1. The Morgan fingerprint density at radius 3 is 2.50 bits per heavy atom. The molecule has 0 atom stereocenters. The zero-order valence-electron chi connectivity index (χ0n) is 8.90. The number of nitriles is 1. The Labute approximate surface area is 94.7 Å². The van der Waals surface area contributed by atoms with Gasteiger partial charge >= 0.3 is 0 Å². The van der Waals surface area contributed by atoms with E-state index in [-0.39, 0.29) is 16.1 Å². The second-order valence-corrected chi connectivity index (χ2v) is 4.98. The zero-order chi connectivity index (χ0) is 12.3. The third kappa shape index (κ3) is 2.51. The lowest BCUT2D eigenvalue weighted by atomic mass is 10.1. The summed E-state index contributed by atoms with van der Waals surface area (Å²) >= 11 is 0. The van der Waals surface area contributed by atoms with Crippen LogP contribution in [-0.4, -0.2) is 8.42 Å². The maximum absolute atomic E-state index is 11.3. The lowest BCUT2D eigenvalue weighted by Gasteiger charge is -2.09. The van der Waals surface area contributed by atoms with E-state index in [4.69, 9.17) is 16.1 Å². The summed E-state index contributed by atoms with van der Waals surface area (Å²) in [4.78, 5) is -0.171. The van der Waals surface area contributed by atoms with Crippen molar-refractivity contribution in [3.63, 3.8) is 0 Å². The third-order valence-electron chi connectivity index (χ3n) is 2.18. The number of rotatable bonds is 3. The molecule has 0 unspecified atom stereocenters. The highest BCUT2D eigenvalue weighted by Gasteiger charge is 2.16. The third-order valence-corrected chi connectivity index (χ3v) is 3.13. The summed E-state index contributed by atoms with van der Waals surface area (Å²) in [5, 5.41) is 13.8. The summed E-state index contributed by atoms with van der Waals surface area (Å²) in [5.41, 5.74) is 6.75. The van der Waals surface area contributed by atoms with Gasteiger partial charge in [0.05, 0.1) is 17.3 Å². The topological polar surface area (TPSA) is 110 Å². The van der Waals surface area contributed by atoms with Gasteiger partial charge in [0.1, 0.15) is 4.90 Å². The SMILES string of the molecule is CCCc1cc(C#N)cc(S(N)(=O)=O)c1N. The van der Waals surface area contributed by atoms with E-state index in [1.54, 1.807) is 6.07 Å². The van der Waals surface area contributed by atoms with Crippen LogP contribution in [0.25, 0.3) is 0 Å². The van der Waals surface area contributed by atoms with Gasteiger partial charge < -0.3 is 5.73 Å². The van der Waals surface area contributed by atoms with Gasteiger partial charge in [0.15, 0.2) is 0 Å². The Bertz CT molecular complexity index is 544. The molecule has 1 aromatic carbocycles. The summed E-state index contributed by atoms with van der Waals surface area (Å²) in [6.45, 7) is 1.94. The second kappa shape index (κ2) is 4.51. The molecule has 0 radical (unpaired) electrons. The maximum atomic E-state index is 11.3. The van der Waals surface area contributed by atoms with Crippen molar-refractivity contribution < 1.29 is 8.42 Å². The molecule has 5 nitrogen and oxygen atoms in total. The van der Waals surface area contributed by atoms with E-state index in [0.717, 1.165) is 6.42 Å². The lowest BCUT2D eigenvalue weighted by molar-refractivity contribution is 0.598. The molecule has 4 N–H and O–H groups in total. The van der Waals surface area contributed by atoms with Crippen LogP contribution in [0.1, 0.15) is 24.5 Å². The number of anilines is 1. The summed E-state index contributed by atoms with van der Waals surface area (Å²) in [6, 6.07) is 4.68. The van der Waals surface area contributed by atoms with Crippen molar-refractivity contribution in [2.45, 2.75) is 24.7 Å². The fraction of sp³-hybridized carbons (Fsp3) is 0.300. The molecule has 0 aliphatic carbocycles. The molecule has 0 bridgehead atoms. The highest BCUT2D eigenvalue weighted by atomic mass is 32.2. The summed E-state index contributed by atoms with van der Waals surface area (Å²) in [7, 11) is -3.88. The minimum absolute atomic E-state index is 0.142. The Morgan fingerprint density at radius 1 is 1.44 bits per heavy atom. The minimum atomic E-state index is -3.88. The number of sulfonamides is 1. The summed E-state index contributed by atoms with van der Waals surface area (Å²) in [5.74, 6) is 0. The van der Waals surface area contributed by atoms with Gasteiger partial charge in [-0.25, -0.2) is 13.6 Å². The van der Waals surface area contributed by atoms with Crippen molar-refractivity contribution >= 4 is 15.7 Å². The van der Waals surface area contributed by atoms with Crippen LogP contribution in [0.5, 0.6) is 0 Å². The van der Waals surface area contributed by atoms with Crippen molar-refractivity contribution in [3.8, 4) is 6.07 Å².